The van der Waals surface area contributed by atoms with Gasteiger partial charge in [0.25, 0.3) is 6.43 Å². The summed E-state index contributed by atoms with van der Waals surface area (Å²) >= 11 is 5.73. The zero-order valence-corrected chi connectivity index (χ0v) is 16.5. The first-order valence-electron chi connectivity index (χ1n) is 6.92. The van der Waals surface area contributed by atoms with E-state index in [2.05, 4.69) is 12.7 Å². The number of allylic oxidation sites excluding steroid dienone is 1. The van der Waals surface area contributed by atoms with E-state index in [1.807, 2.05) is 0 Å². The maximum Gasteiger partial charge on any atom is 0.256 e. The van der Waals surface area contributed by atoms with E-state index in [0.29, 0.717) is 4.90 Å². The van der Waals surface area contributed by atoms with Crippen LogP contribution in [0.4, 0.5) is 17.6 Å². The average molecular weight is 452 g/mol. The van der Waals surface area contributed by atoms with Gasteiger partial charge in [-0.1, -0.05) is 24.6 Å². The molecule has 2 rings (SSSR count). The zero-order valence-electron chi connectivity index (χ0n) is 12.9. The number of halogens is 5. The molecule has 1 unspecified atom stereocenters. The molecule has 0 bridgehead atoms. The van der Waals surface area contributed by atoms with Gasteiger partial charge < -0.3 is 9.64 Å². The normalized spacial score (nSPS) is 17.2. The predicted octanol–water partition coefficient (Wildman–Crippen LogP) is 3.78. The molecule has 0 fully saturated rings. The molecular weight excluding hydrogens is 439 g/mol. The van der Waals surface area contributed by atoms with Crippen LogP contribution >= 0.6 is 11.6 Å². The maximum atomic E-state index is 14.3. The number of hydrogen-bond donors (Lipinski definition) is 0. The summed E-state index contributed by atoms with van der Waals surface area (Å²) in [5.41, 5.74) is -1.01. The molecule has 1 aliphatic heterocycles. The summed E-state index contributed by atoms with van der Waals surface area (Å²) in [5.74, 6) is -3.06. The minimum atomic E-state index is -2.89. The number of nitrogens with zero attached hydrogens (tertiary/aromatic N) is 1. The van der Waals surface area contributed by atoms with Crippen molar-refractivity contribution in [1.29, 1.82) is 0 Å². The van der Waals surface area contributed by atoms with E-state index < -0.39 is 41.5 Å². The Balaban J connectivity index is 0.00000312. The fraction of sp³-hybridized carbons (Fsp3) is 0.312. The van der Waals surface area contributed by atoms with Gasteiger partial charge in [0.2, 0.25) is 5.91 Å². The molecule has 1 aliphatic rings. The molecule has 25 heavy (non-hydrogen) atoms. The minimum Gasteiger partial charge on any atom is -0.489 e. The van der Waals surface area contributed by atoms with Gasteiger partial charge >= 0.3 is 0 Å². The summed E-state index contributed by atoms with van der Waals surface area (Å²) in [7, 11) is 0. The molecule has 0 N–H and O–H groups in total. The molecule has 133 valence electrons. The molecule has 0 aliphatic carbocycles. The Morgan fingerprint density at radius 2 is 2.00 bits per heavy atom. The fourth-order valence-electron chi connectivity index (χ4n) is 2.21. The zero-order chi connectivity index (χ0) is 17.9. The van der Waals surface area contributed by atoms with E-state index in [4.69, 9.17) is 16.3 Å². The molecule has 0 saturated carbocycles. The summed E-state index contributed by atoms with van der Waals surface area (Å²) in [6.07, 6.45) is 0.898. The summed E-state index contributed by atoms with van der Waals surface area (Å²) in [4.78, 5) is 12.5. The van der Waals surface area contributed by atoms with Gasteiger partial charge in [-0.2, -0.15) is 0 Å². The van der Waals surface area contributed by atoms with Gasteiger partial charge in [-0.3, -0.25) is 4.79 Å². The second-order valence-electron chi connectivity index (χ2n) is 4.90. The summed E-state index contributed by atoms with van der Waals surface area (Å²) in [5, 5.41) is -1.10. The topological polar surface area (TPSA) is 29.5 Å². The molecule has 3 nitrogen and oxygen atoms in total. The van der Waals surface area contributed by atoms with Gasteiger partial charge in [-0.05, 0) is 12.1 Å². The quantitative estimate of drug-likeness (QED) is 0.285. The third kappa shape index (κ3) is 5.28. The predicted molar refractivity (Wildman–Crippen MR) is 80.7 cm³/mol. The summed E-state index contributed by atoms with van der Waals surface area (Å²) < 4.78 is 59.1. The Labute approximate surface area is 172 Å². The minimum absolute atomic E-state index is 0. The Bertz CT molecular complexity index is 661. The van der Waals surface area contributed by atoms with Gasteiger partial charge in [0.15, 0.2) is 0 Å². The van der Waals surface area contributed by atoms with Crippen LogP contribution in [-0.2, 0) is 37.5 Å². The Morgan fingerprint density at radius 1 is 1.40 bits per heavy atom. The van der Waals surface area contributed by atoms with Crippen molar-refractivity contribution in [3.05, 3.63) is 48.1 Å². The van der Waals surface area contributed by atoms with Crippen molar-refractivity contribution in [2.24, 2.45) is 0 Å². The standard InChI is InChI=1S/C16H13ClF4NO2.Y/c1-2-5-24-9-6-11(18)15(12(19)7-9)13-4-3-10(17)16(23)22(13)8-14(20)21;/h2,6-7,10,14H,1,3,5,8H2;/q-1;. The van der Waals surface area contributed by atoms with E-state index in [1.165, 1.54) is 6.08 Å². The molecule has 1 aromatic rings. The first-order valence-corrected chi connectivity index (χ1v) is 7.36. The fourth-order valence-corrected chi connectivity index (χ4v) is 2.40. The molecule has 0 saturated heterocycles. The molecule has 1 atom stereocenters. The second kappa shape index (κ2) is 9.69. The van der Waals surface area contributed by atoms with Crippen LogP contribution in [0.5, 0.6) is 5.75 Å². The van der Waals surface area contributed by atoms with Gasteiger partial charge in [-0.25, -0.2) is 23.6 Å². The first-order chi connectivity index (χ1) is 11.3. The number of ether oxygens (including phenoxy) is 1. The van der Waals surface area contributed by atoms with Crippen LogP contribution in [0.1, 0.15) is 12.0 Å². The van der Waals surface area contributed by atoms with Gasteiger partial charge in [0, 0.05) is 32.7 Å². The van der Waals surface area contributed by atoms with Crippen LogP contribution in [0.2, 0.25) is 0 Å². The number of rotatable bonds is 6. The smallest absolute Gasteiger partial charge is 0.256 e. The number of carbonyl (C=O) groups is 1. The third-order valence-corrected chi connectivity index (χ3v) is 3.53. The first kappa shape index (κ1) is 22.1. The van der Waals surface area contributed by atoms with Crippen LogP contribution in [0.15, 0.2) is 24.8 Å². The van der Waals surface area contributed by atoms with Crippen molar-refractivity contribution in [2.45, 2.75) is 18.2 Å². The largest absolute Gasteiger partial charge is 0.489 e. The number of carbonyl (C=O) groups excluding carboxylic acids is 1. The van der Waals surface area contributed by atoms with Crippen LogP contribution in [-0.4, -0.2) is 35.8 Å². The molecular formula is C16H13ClF4NO2Y-. The van der Waals surface area contributed by atoms with Crippen LogP contribution in [0, 0.1) is 17.7 Å². The van der Waals surface area contributed by atoms with Crippen molar-refractivity contribution in [2.75, 3.05) is 13.2 Å². The van der Waals surface area contributed by atoms with E-state index in [9.17, 15) is 22.4 Å². The van der Waals surface area contributed by atoms with Crippen LogP contribution in [0.3, 0.4) is 0 Å². The average Bonchev–Trinajstić information content (AvgIpc) is 2.51. The Kier molecular flexibility index (Phi) is 8.58. The number of alkyl halides is 3. The third-order valence-electron chi connectivity index (χ3n) is 3.19. The number of benzene rings is 1. The summed E-state index contributed by atoms with van der Waals surface area (Å²) in [6, 6.07) is 1.79. The molecule has 1 aromatic carbocycles. The van der Waals surface area contributed by atoms with Crippen molar-refractivity contribution in [3.8, 4) is 5.75 Å². The SMILES string of the molecule is C=CCOc1cc(F)c(C2=[C-]CC(Cl)C(=O)N2CC(F)F)c(F)c1.[Y]. The van der Waals surface area contributed by atoms with Gasteiger partial charge in [0.05, 0.1) is 18.2 Å². The Hall–Kier alpha value is -0.916. The van der Waals surface area contributed by atoms with Gasteiger partial charge in [-0.15, -0.1) is 17.3 Å². The molecule has 0 aromatic heterocycles. The molecule has 9 heteroatoms. The number of amides is 1. The van der Waals surface area contributed by atoms with E-state index in [0.717, 1.165) is 12.1 Å². The van der Waals surface area contributed by atoms with Gasteiger partial charge in [0.1, 0.15) is 17.7 Å². The van der Waals surface area contributed by atoms with Crippen molar-refractivity contribution in [1.82, 2.24) is 4.90 Å². The summed E-state index contributed by atoms with van der Waals surface area (Å²) in [6.45, 7) is 2.42. The van der Waals surface area contributed by atoms with Crippen LogP contribution in [0.25, 0.3) is 5.70 Å². The molecule has 0 spiro atoms. The second-order valence-corrected chi connectivity index (χ2v) is 5.43. The van der Waals surface area contributed by atoms with Crippen LogP contribution < -0.4 is 4.74 Å². The van der Waals surface area contributed by atoms with Crippen molar-refractivity contribution in [3.63, 3.8) is 0 Å². The maximum absolute atomic E-state index is 14.3. The molecule has 1 amide bonds. The molecule has 1 heterocycles. The van der Waals surface area contributed by atoms with E-state index in [-0.39, 0.29) is 57.2 Å². The number of hydrogen-bond acceptors (Lipinski definition) is 2. The van der Waals surface area contributed by atoms with E-state index >= 15 is 0 Å². The Morgan fingerprint density at radius 3 is 2.52 bits per heavy atom. The van der Waals surface area contributed by atoms with Crippen molar-refractivity contribution < 1.29 is 59.8 Å². The van der Waals surface area contributed by atoms with Crippen molar-refractivity contribution >= 4 is 23.2 Å². The molecule has 1 radical (unpaired) electrons. The monoisotopic (exact) mass is 451 g/mol. The van der Waals surface area contributed by atoms with E-state index in [1.54, 1.807) is 0 Å².